The fourth-order valence-corrected chi connectivity index (χ4v) is 3.22. The van der Waals surface area contributed by atoms with Crippen molar-refractivity contribution in [1.29, 1.82) is 0 Å². The maximum absolute atomic E-state index is 13.6. The summed E-state index contributed by atoms with van der Waals surface area (Å²) in [6, 6.07) is 8.97. The molecule has 1 atom stereocenters. The monoisotopic (exact) mass is 317 g/mol. The Kier molecular flexibility index (Phi) is 4.45. The number of halogens is 3. The summed E-state index contributed by atoms with van der Waals surface area (Å²) in [5.74, 6) is -0.463. The molecular formula is C13H10Cl2FNOS. The van der Waals surface area contributed by atoms with Crippen molar-refractivity contribution < 1.29 is 8.60 Å². The molecule has 0 radical (unpaired) electrons. The van der Waals surface area contributed by atoms with Gasteiger partial charge in [0.25, 0.3) is 0 Å². The molecule has 6 heteroatoms. The van der Waals surface area contributed by atoms with Crippen LogP contribution in [0.4, 0.5) is 10.1 Å². The molecule has 0 fully saturated rings. The summed E-state index contributed by atoms with van der Waals surface area (Å²) < 4.78 is 25.8. The molecular weight excluding hydrogens is 308 g/mol. The van der Waals surface area contributed by atoms with Gasteiger partial charge in [-0.2, -0.15) is 0 Å². The normalized spacial score (nSPS) is 12.4. The molecule has 1 unspecified atom stereocenters. The molecule has 0 spiro atoms. The lowest BCUT2D eigenvalue weighted by Gasteiger charge is -2.07. The number of benzene rings is 2. The minimum atomic E-state index is -1.47. The van der Waals surface area contributed by atoms with E-state index in [2.05, 4.69) is 0 Å². The number of nitrogens with two attached hydrogens (primary N) is 1. The molecule has 0 aromatic heterocycles. The van der Waals surface area contributed by atoms with E-state index in [1.807, 2.05) is 0 Å². The first-order valence-corrected chi connectivity index (χ1v) is 7.42. The van der Waals surface area contributed by atoms with Crippen LogP contribution in [0, 0.1) is 5.82 Å². The first-order valence-electron chi connectivity index (χ1n) is 5.34. The molecule has 0 aliphatic rings. The Labute approximate surface area is 122 Å². The van der Waals surface area contributed by atoms with Gasteiger partial charge in [-0.25, -0.2) is 4.39 Å². The summed E-state index contributed by atoms with van der Waals surface area (Å²) in [4.78, 5) is 0.404. The van der Waals surface area contributed by atoms with Crippen LogP contribution in [0.2, 0.25) is 10.0 Å². The Morgan fingerprint density at radius 1 is 1.11 bits per heavy atom. The van der Waals surface area contributed by atoms with Crippen LogP contribution >= 0.6 is 23.2 Å². The molecule has 2 nitrogen and oxygen atoms in total. The Morgan fingerprint density at radius 2 is 1.74 bits per heavy atom. The highest BCUT2D eigenvalue weighted by Crippen LogP contribution is 2.24. The van der Waals surface area contributed by atoms with Crippen molar-refractivity contribution in [2.45, 2.75) is 10.6 Å². The van der Waals surface area contributed by atoms with Crippen LogP contribution < -0.4 is 5.73 Å². The third-order valence-electron chi connectivity index (χ3n) is 2.52. The van der Waals surface area contributed by atoms with Gasteiger partial charge in [0.1, 0.15) is 5.82 Å². The smallest absolute Gasteiger partial charge is 0.128 e. The number of anilines is 1. The van der Waals surface area contributed by atoms with E-state index in [1.54, 1.807) is 18.2 Å². The second-order valence-corrected chi connectivity index (χ2v) is 6.20. The molecule has 0 saturated heterocycles. The summed E-state index contributed by atoms with van der Waals surface area (Å²) in [6.45, 7) is 0. The van der Waals surface area contributed by atoms with E-state index in [0.717, 1.165) is 0 Å². The highest BCUT2D eigenvalue weighted by atomic mass is 35.5. The van der Waals surface area contributed by atoms with Crippen LogP contribution in [-0.2, 0) is 16.6 Å². The summed E-state index contributed by atoms with van der Waals surface area (Å²) in [7, 11) is -1.47. The van der Waals surface area contributed by atoms with Gasteiger partial charge in [-0.15, -0.1) is 0 Å². The Hall–Kier alpha value is -1.10. The fourth-order valence-electron chi connectivity index (χ4n) is 1.56. The van der Waals surface area contributed by atoms with Gasteiger partial charge in [-0.3, -0.25) is 4.21 Å². The van der Waals surface area contributed by atoms with E-state index in [9.17, 15) is 8.60 Å². The Bertz CT molecular complexity index is 649. The fraction of sp³-hybridized carbons (Fsp3) is 0.0769. The highest BCUT2D eigenvalue weighted by molar-refractivity contribution is 7.84. The maximum Gasteiger partial charge on any atom is 0.128 e. The molecule has 0 saturated carbocycles. The van der Waals surface area contributed by atoms with Crippen molar-refractivity contribution in [2.75, 3.05) is 5.73 Å². The maximum atomic E-state index is 13.6. The predicted octanol–water partition coefficient (Wildman–Crippen LogP) is 4.02. The van der Waals surface area contributed by atoms with Gasteiger partial charge in [0, 0.05) is 21.3 Å². The van der Waals surface area contributed by atoms with Crippen molar-refractivity contribution in [2.24, 2.45) is 0 Å². The first kappa shape index (κ1) is 14.3. The van der Waals surface area contributed by atoms with Gasteiger partial charge < -0.3 is 5.73 Å². The van der Waals surface area contributed by atoms with Gasteiger partial charge in [0.2, 0.25) is 0 Å². The van der Waals surface area contributed by atoms with E-state index in [0.29, 0.717) is 26.2 Å². The van der Waals surface area contributed by atoms with E-state index >= 15 is 0 Å². The molecule has 2 N–H and O–H groups in total. The average Bonchev–Trinajstić information content (AvgIpc) is 2.35. The van der Waals surface area contributed by atoms with Crippen LogP contribution in [-0.4, -0.2) is 4.21 Å². The van der Waals surface area contributed by atoms with Crippen molar-refractivity contribution in [1.82, 2.24) is 0 Å². The SMILES string of the molecule is Nc1ccc(Cl)cc1S(=O)Cc1ccc(Cl)cc1F. The van der Waals surface area contributed by atoms with E-state index in [4.69, 9.17) is 28.9 Å². The molecule has 100 valence electrons. The summed E-state index contributed by atoms with van der Waals surface area (Å²) in [6.07, 6.45) is 0. The summed E-state index contributed by atoms with van der Waals surface area (Å²) in [5.41, 5.74) is 6.43. The molecule has 2 aromatic rings. The van der Waals surface area contributed by atoms with Crippen molar-refractivity contribution >= 4 is 39.7 Å². The number of nitrogen functional groups attached to an aromatic ring is 1. The molecule has 0 aliphatic heterocycles. The first-order chi connectivity index (χ1) is 8.97. The second-order valence-electron chi connectivity index (χ2n) is 3.91. The molecule has 0 heterocycles. The molecule has 0 bridgehead atoms. The molecule has 2 rings (SSSR count). The Balaban J connectivity index is 2.28. The van der Waals surface area contributed by atoms with Crippen LogP contribution in [0.5, 0.6) is 0 Å². The lowest BCUT2D eigenvalue weighted by molar-refractivity contribution is 0.615. The topological polar surface area (TPSA) is 43.1 Å². The van der Waals surface area contributed by atoms with Gasteiger partial charge in [0.05, 0.1) is 21.4 Å². The van der Waals surface area contributed by atoms with Crippen molar-refractivity contribution in [3.05, 3.63) is 57.8 Å². The Morgan fingerprint density at radius 3 is 2.42 bits per heavy atom. The lowest BCUT2D eigenvalue weighted by Crippen LogP contribution is -2.02. The third-order valence-corrected chi connectivity index (χ3v) is 4.41. The summed E-state index contributed by atoms with van der Waals surface area (Å²) in [5, 5.41) is 0.739. The largest absolute Gasteiger partial charge is 0.398 e. The quantitative estimate of drug-likeness (QED) is 0.869. The number of rotatable bonds is 3. The van der Waals surface area contributed by atoms with E-state index < -0.39 is 16.6 Å². The second kappa shape index (κ2) is 5.90. The minimum absolute atomic E-state index is 0.0214. The van der Waals surface area contributed by atoms with E-state index in [-0.39, 0.29) is 5.75 Å². The minimum Gasteiger partial charge on any atom is -0.398 e. The molecule has 0 amide bonds. The zero-order chi connectivity index (χ0) is 14.0. The van der Waals surface area contributed by atoms with Gasteiger partial charge >= 0.3 is 0 Å². The van der Waals surface area contributed by atoms with Gasteiger partial charge in [-0.05, 0) is 30.3 Å². The predicted molar refractivity (Wildman–Crippen MR) is 77.4 cm³/mol. The average molecular weight is 318 g/mol. The lowest BCUT2D eigenvalue weighted by atomic mass is 10.2. The third kappa shape index (κ3) is 3.47. The van der Waals surface area contributed by atoms with Crippen molar-refractivity contribution in [3.63, 3.8) is 0 Å². The van der Waals surface area contributed by atoms with Gasteiger partial charge in [-0.1, -0.05) is 29.3 Å². The number of hydrogen-bond donors (Lipinski definition) is 1. The van der Waals surface area contributed by atoms with Crippen molar-refractivity contribution in [3.8, 4) is 0 Å². The molecule has 2 aromatic carbocycles. The standard InChI is InChI=1S/C13H10Cl2FNOS/c14-9-2-1-8(11(16)5-9)7-19(18)13-6-10(15)3-4-12(13)17/h1-6H,7,17H2. The molecule has 0 aliphatic carbocycles. The van der Waals surface area contributed by atoms with Crippen LogP contribution in [0.1, 0.15) is 5.56 Å². The van der Waals surface area contributed by atoms with Crippen LogP contribution in [0.15, 0.2) is 41.3 Å². The van der Waals surface area contributed by atoms with Crippen LogP contribution in [0.25, 0.3) is 0 Å². The van der Waals surface area contributed by atoms with Crippen LogP contribution in [0.3, 0.4) is 0 Å². The van der Waals surface area contributed by atoms with Gasteiger partial charge in [0.15, 0.2) is 0 Å². The summed E-state index contributed by atoms with van der Waals surface area (Å²) >= 11 is 11.5. The highest BCUT2D eigenvalue weighted by Gasteiger charge is 2.12. The van der Waals surface area contributed by atoms with E-state index in [1.165, 1.54) is 18.2 Å². The zero-order valence-corrected chi connectivity index (χ0v) is 12.0. The molecule has 19 heavy (non-hydrogen) atoms. The number of hydrogen-bond acceptors (Lipinski definition) is 2. The zero-order valence-electron chi connectivity index (χ0n) is 9.70.